The van der Waals surface area contributed by atoms with Crippen LogP contribution in [0.4, 0.5) is 10.5 Å². The maximum Gasteiger partial charge on any atom is 0.498 e. The van der Waals surface area contributed by atoms with Crippen molar-refractivity contribution in [3.63, 3.8) is 0 Å². The number of hydrogen-bond acceptors (Lipinski definition) is 4. The van der Waals surface area contributed by atoms with Crippen LogP contribution in [0.1, 0.15) is 38.8 Å². The number of benzene rings is 2. The van der Waals surface area contributed by atoms with Crippen molar-refractivity contribution in [2.45, 2.75) is 45.3 Å². The van der Waals surface area contributed by atoms with Gasteiger partial charge in [0.25, 0.3) is 0 Å². The second kappa shape index (κ2) is 6.01. The van der Waals surface area contributed by atoms with Gasteiger partial charge in [-0.05, 0) is 44.9 Å². The molecular weight excluding hydrogens is 345 g/mol. The summed E-state index contributed by atoms with van der Waals surface area (Å²) in [4.78, 5) is 10.9. The van der Waals surface area contributed by atoms with E-state index in [2.05, 4.69) is 5.32 Å². The van der Waals surface area contributed by atoms with Crippen LogP contribution in [0.3, 0.4) is 0 Å². The van der Waals surface area contributed by atoms with Crippen molar-refractivity contribution >= 4 is 24.4 Å². The number of carboxylic acid groups (broad SMARTS) is 1. The summed E-state index contributed by atoms with van der Waals surface area (Å²) >= 11 is 0. The SMILES string of the molecule is CC1(C)OB(c2cccc3c2Oc2cc(NC(=O)O)ccc2C3)OC1(C)C. The predicted molar refractivity (Wildman–Crippen MR) is 103 cm³/mol. The summed E-state index contributed by atoms with van der Waals surface area (Å²) in [5.41, 5.74) is 2.49. The van der Waals surface area contributed by atoms with Gasteiger partial charge in [0.15, 0.2) is 0 Å². The summed E-state index contributed by atoms with van der Waals surface area (Å²) in [7, 11) is -0.521. The molecule has 1 fully saturated rings. The number of hydrogen-bond donors (Lipinski definition) is 2. The van der Waals surface area contributed by atoms with Crippen LogP contribution in [0.2, 0.25) is 0 Å². The molecule has 2 aromatic rings. The predicted octanol–water partition coefficient (Wildman–Crippen LogP) is 3.77. The van der Waals surface area contributed by atoms with Gasteiger partial charge in [-0.2, -0.15) is 0 Å². The van der Waals surface area contributed by atoms with Gasteiger partial charge in [0, 0.05) is 23.6 Å². The fraction of sp³-hybridized carbons (Fsp3) is 0.350. The molecule has 0 atom stereocenters. The lowest BCUT2D eigenvalue weighted by Crippen LogP contribution is -2.41. The molecule has 140 valence electrons. The van der Waals surface area contributed by atoms with E-state index in [0.717, 1.165) is 22.3 Å². The van der Waals surface area contributed by atoms with Gasteiger partial charge in [-0.3, -0.25) is 5.32 Å². The first kappa shape index (κ1) is 17.9. The van der Waals surface area contributed by atoms with Crippen LogP contribution < -0.4 is 15.5 Å². The molecule has 2 aliphatic rings. The van der Waals surface area contributed by atoms with Crippen LogP contribution in [0.15, 0.2) is 36.4 Å². The van der Waals surface area contributed by atoms with Crippen molar-refractivity contribution < 1.29 is 23.9 Å². The summed E-state index contributed by atoms with van der Waals surface area (Å²) in [6, 6.07) is 11.3. The van der Waals surface area contributed by atoms with E-state index in [-0.39, 0.29) is 0 Å². The summed E-state index contributed by atoms with van der Waals surface area (Å²) in [6.45, 7) is 8.07. The van der Waals surface area contributed by atoms with Gasteiger partial charge in [-0.25, -0.2) is 4.79 Å². The van der Waals surface area contributed by atoms with E-state index in [4.69, 9.17) is 19.2 Å². The van der Waals surface area contributed by atoms with E-state index in [1.165, 1.54) is 0 Å². The first-order chi connectivity index (χ1) is 12.7. The highest BCUT2D eigenvalue weighted by atomic mass is 16.7. The van der Waals surface area contributed by atoms with E-state index in [1.54, 1.807) is 12.1 Å². The number of nitrogens with one attached hydrogen (secondary N) is 1. The van der Waals surface area contributed by atoms with Gasteiger partial charge in [-0.1, -0.05) is 24.3 Å². The Hall–Kier alpha value is -2.51. The monoisotopic (exact) mass is 367 g/mol. The topological polar surface area (TPSA) is 77.0 Å². The van der Waals surface area contributed by atoms with E-state index in [1.807, 2.05) is 52.0 Å². The third kappa shape index (κ3) is 3.07. The zero-order valence-electron chi connectivity index (χ0n) is 15.8. The van der Waals surface area contributed by atoms with Gasteiger partial charge in [0.2, 0.25) is 0 Å². The molecule has 0 bridgehead atoms. The molecule has 2 heterocycles. The zero-order chi connectivity index (χ0) is 19.4. The zero-order valence-corrected chi connectivity index (χ0v) is 15.8. The summed E-state index contributed by atoms with van der Waals surface area (Å²) < 4.78 is 18.6. The Morgan fingerprint density at radius 1 is 1.07 bits per heavy atom. The van der Waals surface area contributed by atoms with Gasteiger partial charge >= 0.3 is 13.2 Å². The molecule has 6 nitrogen and oxygen atoms in total. The summed E-state index contributed by atoms with van der Waals surface area (Å²) in [5.74, 6) is 1.36. The number of para-hydroxylation sites is 1. The highest BCUT2D eigenvalue weighted by Crippen LogP contribution is 2.40. The minimum Gasteiger partial charge on any atom is -0.465 e. The minimum atomic E-state index is -1.11. The summed E-state index contributed by atoms with van der Waals surface area (Å²) in [6.07, 6.45) is -0.408. The minimum absolute atomic E-state index is 0.439. The number of carbonyl (C=O) groups is 1. The maximum atomic E-state index is 10.9. The number of ether oxygens (including phenoxy) is 1. The molecule has 2 aromatic carbocycles. The number of anilines is 1. The van der Waals surface area contributed by atoms with Crippen LogP contribution >= 0.6 is 0 Å². The van der Waals surface area contributed by atoms with Gasteiger partial charge in [0.1, 0.15) is 11.5 Å². The Balaban J connectivity index is 1.69. The van der Waals surface area contributed by atoms with Crippen LogP contribution in [0.5, 0.6) is 11.5 Å². The average Bonchev–Trinajstić information content (AvgIpc) is 2.79. The fourth-order valence-electron chi connectivity index (χ4n) is 3.34. The largest absolute Gasteiger partial charge is 0.498 e. The molecule has 27 heavy (non-hydrogen) atoms. The van der Waals surface area contributed by atoms with Crippen molar-refractivity contribution in [1.82, 2.24) is 0 Å². The molecule has 0 aromatic heterocycles. The lowest BCUT2D eigenvalue weighted by molar-refractivity contribution is 0.00578. The second-order valence-electron chi connectivity index (χ2n) is 7.96. The molecule has 0 radical (unpaired) electrons. The highest BCUT2D eigenvalue weighted by Gasteiger charge is 2.52. The first-order valence-electron chi connectivity index (χ1n) is 8.94. The number of amides is 1. The van der Waals surface area contributed by atoms with Gasteiger partial charge in [0.05, 0.1) is 11.2 Å². The third-order valence-corrected chi connectivity index (χ3v) is 5.55. The third-order valence-electron chi connectivity index (χ3n) is 5.55. The van der Waals surface area contributed by atoms with Gasteiger partial charge in [-0.15, -0.1) is 0 Å². The second-order valence-corrected chi connectivity index (χ2v) is 7.96. The van der Waals surface area contributed by atoms with Crippen molar-refractivity contribution in [3.8, 4) is 11.5 Å². The van der Waals surface area contributed by atoms with Crippen LogP contribution in [0.25, 0.3) is 0 Å². The van der Waals surface area contributed by atoms with Crippen molar-refractivity contribution in [2.75, 3.05) is 5.32 Å². The molecule has 7 heteroatoms. The summed E-state index contributed by atoms with van der Waals surface area (Å²) in [5, 5.41) is 11.3. The Kier molecular flexibility index (Phi) is 3.98. The number of rotatable bonds is 2. The Morgan fingerprint density at radius 2 is 1.78 bits per heavy atom. The molecule has 0 spiro atoms. The molecule has 1 saturated heterocycles. The quantitative estimate of drug-likeness (QED) is 0.675. The molecule has 0 saturated carbocycles. The van der Waals surface area contributed by atoms with Crippen molar-refractivity contribution in [1.29, 1.82) is 0 Å². The van der Waals surface area contributed by atoms with Crippen molar-refractivity contribution in [3.05, 3.63) is 47.5 Å². The van der Waals surface area contributed by atoms with Gasteiger partial charge < -0.3 is 19.2 Å². The normalized spacial score (nSPS) is 19.0. The Bertz CT molecular complexity index is 909. The smallest absolute Gasteiger partial charge is 0.465 e. The van der Waals surface area contributed by atoms with Crippen LogP contribution in [0, 0.1) is 0 Å². The molecule has 0 aliphatic carbocycles. The fourth-order valence-corrected chi connectivity index (χ4v) is 3.34. The van der Waals surface area contributed by atoms with E-state index in [9.17, 15) is 4.79 Å². The number of fused-ring (bicyclic) bond motifs is 2. The maximum absolute atomic E-state index is 10.9. The average molecular weight is 367 g/mol. The first-order valence-corrected chi connectivity index (χ1v) is 8.94. The molecular formula is C20H22BNO5. The Labute approximate surface area is 158 Å². The molecule has 0 unspecified atom stereocenters. The van der Waals surface area contributed by atoms with E-state index in [0.29, 0.717) is 17.9 Å². The van der Waals surface area contributed by atoms with E-state index < -0.39 is 24.4 Å². The van der Waals surface area contributed by atoms with E-state index >= 15 is 0 Å². The molecule has 2 aliphatic heterocycles. The van der Waals surface area contributed by atoms with Crippen molar-refractivity contribution in [2.24, 2.45) is 0 Å². The highest BCUT2D eigenvalue weighted by molar-refractivity contribution is 6.63. The lowest BCUT2D eigenvalue weighted by Gasteiger charge is -2.32. The molecule has 1 amide bonds. The van der Waals surface area contributed by atoms with Crippen LogP contribution in [-0.2, 0) is 15.7 Å². The Morgan fingerprint density at radius 3 is 2.44 bits per heavy atom. The molecule has 2 N–H and O–H groups in total. The lowest BCUT2D eigenvalue weighted by atomic mass is 9.76. The van der Waals surface area contributed by atoms with Crippen LogP contribution in [-0.4, -0.2) is 29.5 Å². The molecule has 4 rings (SSSR count). The standard InChI is InChI=1S/C20H22BNO5/c1-19(2)20(3,4)27-21(26-19)15-7-5-6-13-10-12-8-9-14(22-18(23)24)11-16(12)25-17(13)15/h5-9,11,22H,10H2,1-4H3,(H,23,24).